The van der Waals surface area contributed by atoms with E-state index in [2.05, 4.69) is 184 Å². The SMILES string of the molecule is CC/C=C\C/C=C\C/C=C\C/C=C\C/C=C\C/C=C\C/C=C\C/C=C\C/C=C\CCCCCCCCCC(=O)OC(COC(=O)CCCCCCC/C=C\C/C=C\C/C=C\C/C=C\C/C=C\CC)COP(=O)(O)OCC[N+](C)(C)C. The van der Waals surface area contributed by atoms with Gasteiger partial charge in [0.15, 0.2) is 6.10 Å². The van der Waals surface area contributed by atoms with Gasteiger partial charge in [0.1, 0.15) is 19.8 Å². The standard InChI is InChI=1S/C70H112NO8P/c1-6-8-10-12-14-16-18-20-22-24-26-28-29-30-31-32-33-34-35-36-37-38-39-40-41-43-45-47-49-51-53-55-57-59-61-63-70(73)79-68(67-78-80(74,75)77-65-64-71(3,4)5)66-76-69(72)62-60-58-56-54-52-50-48-46-44-42-27-25-23-21-19-17-15-13-11-9-7-2/h8-11,14-17,20-23,26-28,30-31,33-34,36-37,39-40,42-43,45-46,48,68H,6-7,12-13,18-19,24-25,29,32,35,38,41,44,47,49-67H2,1-5H3/p+1/b10-8-,11-9-,16-14-,17-15-,22-20-,23-21-,28-26-,31-30-,34-33-,37-36-,40-39-,42-27-,45-43-,48-46-. The summed E-state index contributed by atoms with van der Waals surface area (Å²) in [6, 6.07) is 0. The summed E-state index contributed by atoms with van der Waals surface area (Å²) < 4.78 is 34.6. The van der Waals surface area contributed by atoms with Gasteiger partial charge in [-0.05, 0) is 128 Å². The molecular formula is C70H113NO8P+. The highest BCUT2D eigenvalue weighted by Crippen LogP contribution is 2.43. The van der Waals surface area contributed by atoms with E-state index in [1.54, 1.807) is 0 Å². The number of phosphoric acid groups is 1. The van der Waals surface area contributed by atoms with Crippen LogP contribution in [-0.4, -0.2) is 74.9 Å². The van der Waals surface area contributed by atoms with E-state index in [-0.39, 0.29) is 26.1 Å². The highest BCUT2D eigenvalue weighted by atomic mass is 31.2. The van der Waals surface area contributed by atoms with Crippen molar-refractivity contribution in [1.29, 1.82) is 0 Å². The summed E-state index contributed by atoms with van der Waals surface area (Å²) in [5.74, 6) is -0.847. The van der Waals surface area contributed by atoms with E-state index < -0.39 is 32.5 Å². The zero-order valence-electron chi connectivity index (χ0n) is 51.0. The van der Waals surface area contributed by atoms with Crippen molar-refractivity contribution in [3.63, 3.8) is 0 Å². The second-order valence-electron chi connectivity index (χ2n) is 21.0. The lowest BCUT2D eigenvalue weighted by atomic mass is 10.1. The van der Waals surface area contributed by atoms with Crippen molar-refractivity contribution < 1.29 is 42.1 Å². The summed E-state index contributed by atoms with van der Waals surface area (Å²) in [5, 5.41) is 0. The van der Waals surface area contributed by atoms with Crippen LogP contribution in [0.25, 0.3) is 0 Å². The topological polar surface area (TPSA) is 108 Å². The fourth-order valence-electron chi connectivity index (χ4n) is 7.56. The quantitative estimate of drug-likeness (QED) is 0.0211. The maximum absolute atomic E-state index is 12.8. The van der Waals surface area contributed by atoms with Gasteiger partial charge < -0.3 is 18.9 Å². The normalized spacial score (nSPS) is 14.4. The molecule has 0 aromatic heterocycles. The summed E-state index contributed by atoms with van der Waals surface area (Å²) in [6.45, 7) is 4.14. The van der Waals surface area contributed by atoms with Gasteiger partial charge in [0.2, 0.25) is 0 Å². The van der Waals surface area contributed by atoms with E-state index in [1.165, 1.54) is 12.8 Å². The molecule has 0 aliphatic rings. The van der Waals surface area contributed by atoms with Crippen LogP contribution in [-0.2, 0) is 32.7 Å². The first-order valence-electron chi connectivity index (χ1n) is 30.9. The molecule has 0 radical (unpaired) electrons. The Morgan fingerprint density at radius 3 is 1.00 bits per heavy atom. The molecule has 0 spiro atoms. The van der Waals surface area contributed by atoms with Crippen LogP contribution in [0.3, 0.4) is 0 Å². The van der Waals surface area contributed by atoms with E-state index in [0.29, 0.717) is 23.9 Å². The van der Waals surface area contributed by atoms with Crippen LogP contribution < -0.4 is 0 Å². The minimum absolute atomic E-state index is 0.0156. The molecule has 450 valence electrons. The first kappa shape index (κ1) is 75.4. The summed E-state index contributed by atoms with van der Waals surface area (Å²) in [6.07, 6.45) is 89.9. The lowest BCUT2D eigenvalue weighted by Crippen LogP contribution is -2.37. The monoisotopic (exact) mass is 1130 g/mol. The van der Waals surface area contributed by atoms with Crippen LogP contribution in [0, 0.1) is 0 Å². The number of quaternary nitrogens is 1. The Morgan fingerprint density at radius 1 is 0.388 bits per heavy atom. The van der Waals surface area contributed by atoms with Crippen molar-refractivity contribution in [1.82, 2.24) is 0 Å². The third-order valence-electron chi connectivity index (χ3n) is 12.2. The molecule has 0 aliphatic heterocycles. The predicted octanol–water partition coefficient (Wildman–Crippen LogP) is 19.8. The first-order chi connectivity index (χ1) is 39.0. The van der Waals surface area contributed by atoms with Crippen LogP contribution >= 0.6 is 7.82 Å². The summed E-state index contributed by atoms with van der Waals surface area (Å²) >= 11 is 0. The average Bonchev–Trinajstić information content (AvgIpc) is 3.42. The molecule has 0 saturated carbocycles. The van der Waals surface area contributed by atoms with Gasteiger partial charge in [-0.2, -0.15) is 0 Å². The molecule has 0 rings (SSSR count). The van der Waals surface area contributed by atoms with Crippen LogP contribution in [0.5, 0.6) is 0 Å². The number of hydrogen-bond donors (Lipinski definition) is 1. The average molecular weight is 1130 g/mol. The molecule has 9 nitrogen and oxygen atoms in total. The number of carbonyl (C=O) groups excluding carboxylic acids is 2. The van der Waals surface area contributed by atoms with Crippen molar-refractivity contribution in [2.75, 3.05) is 47.5 Å². The number of rotatable bonds is 54. The van der Waals surface area contributed by atoms with E-state index in [9.17, 15) is 19.0 Å². The Balaban J connectivity index is 4.24. The third-order valence-corrected chi connectivity index (χ3v) is 13.2. The fourth-order valence-corrected chi connectivity index (χ4v) is 8.30. The molecule has 80 heavy (non-hydrogen) atoms. The lowest BCUT2D eigenvalue weighted by molar-refractivity contribution is -0.870. The van der Waals surface area contributed by atoms with Crippen molar-refractivity contribution in [2.24, 2.45) is 0 Å². The van der Waals surface area contributed by atoms with Crippen LogP contribution in [0.2, 0.25) is 0 Å². The summed E-state index contributed by atoms with van der Waals surface area (Å²) in [7, 11) is 1.43. The zero-order chi connectivity index (χ0) is 58.4. The van der Waals surface area contributed by atoms with Gasteiger partial charge in [0.25, 0.3) is 0 Å². The predicted molar refractivity (Wildman–Crippen MR) is 343 cm³/mol. The molecule has 0 amide bonds. The van der Waals surface area contributed by atoms with E-state index in [4.69, 9.17) is 18.5 Å². The highest BCUT2D eigenvalue weighted by molar-refractivity contribution is 7.47. The Hall–Kier alpha value is -4.63. The second kappa shape index (κ2) is 59.0. The number of carbonyl (C=O) groups is 2. The van der Waals surface area contributed by atoms with Gasteiger partial charge >= 0.3 is 19.8 Å². The minimum atomic E-state index is -4.41. The Labute approximate surface area is 489 Å². The molecule has 1 N–H and O–H groups in total. The number of unbranched alkanes of at least 4 members (excludes halogenated alkanes) is 12. The molecule has 0 aromatic carbocycles. The van der Waals surface area contributed by atoms with Gasteiger partial charge in [-0.25, -0.2) is 4.57 Å². The van der Waals surface area contributed by atoms with Gasteiger partial charge in [0.05, 0.1) is 27.7 Å². The molecule has 0 aromatic rings. The Kier molecular flexibility index (Phi) is 55.6. The molecule has 0 saturated heterocycles. The van der Waals surface area contributed by atoms with Gasteiger partial charge in [-0.1, -0.05) is 235 Å². The smallest absolute Gasteiger partial charge is 0.462 e. The molecular weight excluding hydrogens is 1010 g/mol. The zero-order valence-corrected chi connectivity index (χ0v) is 51.9. The number of phosphoric ester groups is 1. The first-order valence-corrected chi connectivity index (χ1v) is 32.4. The Morgan fingerprint density at radius 2 is 0.675 bits per heavy atom. The van der Waals surface area contributed by atoms with E-state index >= 15 is 0 Å². The van der Waals surface area contributed by atoms with Crippen LogP contribution in [0.15, 0.2) is 170 Å². The second-order valence-corrected chi connectivity index (χ2v) is 22.4. The minimum Gasteiger partial charge on any atom is -0.462 e. The summed E-state index contributed by atoms with van der Waals surface area (Å²) in [5.41, 5.74) is 0. The molecule has 0 fully saturated rings. The number of allylic oxidation sites excluding steroid dienone is 28. The van der Waals surface area contributed by atoms with Crippen molar-refractivity contribution in [2.45, 2.75) is 213 Å². The number of nitrogens with zero attached hydrogens (tertiary/aromatic N) is 1. The lowest BCUT2D eigenvalue weighted by Gasteiger charge is -2.24. The van der Waals surface area contributed by atoms with Crippen molar-refractivity contribution in [3.05, 3.63) is 170 Å². The number of ether oxygens (including phenoxy) is 2. The molecule has 2 unspecified atom stereocenters. The van der Waals surface area contributed by atoms with E-state index in [0.717, 1.165) is 154 Å². The molecule has 0 aliphatic carbocycles. The summed E-state index contributed by atoms with van der Waals surface area (Å²) in [4.78, 5) is 35.7. The highest BCUT2D eigenvalue weighted by Gasteiger charge is 2.27. The van der Waals surface area contributed by atoms with Crippen molar-refractivity contribution in [3.8, 4) is 0 Å². The van der Waals surface area contributed by atoms with Crippen LogP contribution in [0.4, 0.5) is 0 Å². The Bertz CT molecular complexity index is 1950. The fraction of sp³-hybridized carbons (Fsp3) is 0.571. The maximum Gasteiger partial charge on any atom is 0.472 e. The van der Waals surface area contributed by atoms with Crippen LogP contribution in [0.1, 0.15) is 206 Å². The molecule has 0 heterocycles. The number of hydrogen-bond acceptors (Lipinski definition) is 7. The van der Waals surface area contributed by atoms with Gasteiger partial charge in [0, 0.05) is 12.8 Å². The molecule has 0 bridgehead atoms. The third kappa shape index (κ3) is 62.6. The number of esters is 2. The maximum atomic E-state index is 12.8. The molecule has 10 heteroatoms. The van der Waals surface area contributed by atoms with Crippen molar-refractivity contribution >= 4 is 19.8 Å². The van der Waals surface area contributed by atoms with Gasteiger partial charge in [-0.3, -0.25) is 18.6 Å². The molecule has 2 atom stereocenters. The number of likely N-dealkylation sites (N-methyl/N-ethyl adjacent to an activating group) is 1. The van der Waals surface area contributed by atoms with Gasteiger partial charge in [-0.15, -0.1) is 0 Å². The largest absolute Gasteiger partial charge is 0.472 e. The van der Waals surface area contributed by atoms with E-state index in [1.807, 2.05) is 21.1 Å².